The molecule has 1 saturated carbocycles. The van der Waals surface area contributed by atoms with Crippen molar-refractivity contribution in [3.63, 3.8) is 0 Å². The molecule has 6 nitrogen and oxygen atoms in total. The lowest BCUT2D eigenvalue weighted by Crippen LogP contribution is -2.51. The number of nitrogens with zero attached hydrogens (tertiary/aromatic N) is 4. The van der Waals surface area contributed by atoms with Crippen molar-refractivity contribution in [3.8, 4) is 0 Å². The van der Waals surface area contributed by atoms with E-state index in [1.807, 2.05) is 13.0 Å². The SMILES string of the molecule is CCN(C(=O)CN1CCN(Cc2cc(C)no2)CC1)C1CCCCC1. The molecule has 1 aliphatic carbocycles. The van der Waals surface area contributed by atoms with Crippen LogP contribution in [0.3, 0.4) is 0 Å². The van der Waals surface area contributed by atoms with Crippen molar-refractivity contribution in [3.05, 3.63) is 17.5 Å². The first-order valence-corrected chi connectivity index (χ1v) is 9.82. The minimum Gasteiger partial charge on any atom is -0.360 e. The van der Waals surface area contributed by atoms with Gasteiger partial charge in [-0.3, -0.25) is 14.6 Å². The Morgan fingerprint density at radius 2 is 1.88 bits per heavy atom. The van der Waals surface area contributed by atoms with Crippen LogP contribution in [0.15, 0.2) is 10.6 Å². The van der Waals surface area contributed by atoms with E-state index in [4.69, 9.17) is 4.52 Å². The van der Waals surface area contributed by atoms with Crippen LogP contribution in [0.25, 0.3) is 0 Å². The van der Waals surface area contributed by atoms with Gasteiger partial charge in [0.1, 0.15) is 0 Å². The zero-order chi connectivity index (χ0) is 17.6. The fourth-order valence-corrected chi connectivity index (χ4v) is 4.13. The highest BCUT2D eigenvalue weighted by atomic mass is 16.5. The zero-order valence-corrected chi connectivity index (χ0v) is 15.7. The summed E-state index contributed by atoms with van der Waals surface area (Å²) in [4.78, 5) is 19.6. The van der Waals surface area contributed by atoms with Crippen molar-refractivity contribution in [1.82, 2.24) is 19.9 Å². The first kappa shape index (κ1) is 18.4. The van der Waals surface area contributed by atoms with E-state index in [-0.39, 0.29) is 0 Å². The first-order chi connectivity index (χ1) is 12.2. The highest BCUT2D eigenvalue weighted by Crippen LogP contribution is 2.22. The molecule has 1 amide bonds. The molecule has 1 saturated heterocycles. The second kappa shape index (κ2) is 8.81. The van der Waals surface area contributed by atoms with Gasteiger partial charge in [-0.15, -0.1) is 0 Å². The van der Waals surface area contributed by atoms with Gasteiger partial charge in [-0.1, -0.05) is 24.4 Å². The Kier molecular flexibility index (Phi) is 6.48. The third kappa shape index (κ3) is 5.05. The van der Waals surface area contributed by atoms with Crippen molar-refractivity contribution < 1.29 is 9.32 Å². The highest BCUT2D eigenvalue weighted by molar-refractivity contribution is 5.78. The number of aryl methyl sites for hydroxylation is 1. The van der Waals surface area contributed by atoms with Gasteiger partial charge in [0.05, 0.1) is 18.8 Å². The van der Waals surface area contributed by atoms with Gasteiger partial charge in [0, 0.05) is 44.8 Å². The molecule has 2 aliphatic rings. The molecular formula is C19H32N4O2. The molecule has 0 spiro atoms. The van der Waals surface area contributed by atoms with Crippen molar-refractivity contribution in [2.24, 2.45) is 0 Å². The smallest absolute Gasteiger partial charge is 0.236 e. The topological polar surface area (TPSA) is 52.8 Å². The zero-order valence-electron chi connectivity index (χ0n) is 15.7. The Labute approximate surface area is 151 Å². The molecule has 0 N–H and O–H groups in total. The highest BCUT2D eigenvalue weighted by Gasteiger charge is 2.26. The summed E-state index contributed by atoms with van der Waals surface area (Å²) in [6, 6.07) is 2.47. The van der Waals surface area contributed by atoms with Crippen LogP contribution in [0.4, 0.5) is 0 Å². The van der Waals surface area contributed by atoms with E-state index >= 15 is 0 Å². The second-order valence-electron chi connectivity index (χ2n) is 7.46. The van der Waals surface area contributed by atoms with Gasteiger partial charge in [0.25, 0.3) is 0 Å². The predicted molar refractivity (Wildman–Crippen MR) is 97.2 cm³/mol. The van der Waals surface area contributed by atoms with Gasteiger partial charge < -0.3 is 9.42 Å². The van der Waals surface area contributed by atoms with E-state index in [2.05, 4.69) is 26.8 Å². The summed E-state index contributed by atoms with van der Waals surface area (Å²) in [6.07, 6.45) is 6.24. The number of carbonyl (C=O) groups excluding carboxylic acids is 1. The number of hydrogen-bond acceptors (Lipinski definition) is 5. The number of carbonyl (C=O) groups is 1. The van der Waals surface area contributed by atoms with Crippen molar-refractivity contribution in [1.29, 1.82) is 0 Å². The second-order valence-corrected chi connectivity index (χ2v) is 7.46. The quantitative estimate of drug-likeness (QED) is 0.789. The van der Waals surface area contributed by atoms with Gasteiger partial charge in [-0.2, -0.15) is 0 Å². The van der Waals surface area contributed by atoms with Crippen LogP contribution in [0.2, 0.25) is 0 Å². The average molecular weight is 348 g/mol. The molecule has 25 heavy (non-hydrogen) atoms. The lowest BCUT2D eigenvalue weighted by molar-refractivity contribution is -0.135. The summed E-state index contributed by atoms with van der Waals surface area (Å²) < 4.78 is 5.31. The van der Waals surface area contributed by atoms with E-state index < -0.39 is 0 Å². The molecule has 3 rings (SSSR count). The van der Waals surface area contributed by atoms with Gasteiger partial charge >= 0.3 is 0 Å². The Balaban J connectivity index is 1.43. The van der Waals surface area contributed by atoms with E-state index in [0.717, 1.165) is 50.7 Å². The van der Waals surface area contributed by atoms with Gasteiger partial charge in [-0.25, -0.2) is 0 Å². The average Bonchev–Trinajstić information content (AvgIpc) is 3.03. The Hall–Kier alpha value is -1.40. The van der Waals surface area contributed by atoms with Crippen LogP contribution in [0.1, 0.15) is 50.5 Å². The Bertz CT molecular complexity index is 545. The molecule has 140 valence electrons. The first-order valence-electron chi connectivity index (χ1n) is 9.82. The fourth-order valence-electron chi connectivity index (χ4n) is 4.13. The Morgan fingerprint density at radius 3 is 2.48 bits per heavy atom. The van der Waals surface area contributed by atoms with Gasteiger partial charge in [0.2, 0.25) is 5.91 Å². The molecule has 0 aromatic carbocycles. The standard InChI is InChI=1S/C19H32N4O2/c1-3-23(17-7-5-4-6-8-17)19(24)15-22-11-9-21(10-12-22)14-18-13-16(2)20-25-18/h13,17H,3-12,14-15H2,1-2H3. The molecule has 0 radical (unpaired) electrons. The summed E-state index contributed by atoms with van der Waals surface area (Å²) in [5.74, 6) is 1.24. The number of aromatic nitrogens is 1. The Morgan fingerprint density at radius 1 is 1.20 bits per heavy atom. The lowest BCUT2D eigenvalue weighted by Gasteiger charge is -2.37. The van der Waals surface area contributed by atoms with Crippen LogP contribution in [-0.4, -0.2) is 71.1 Å². The maximum atomic E-state index is 12.8. The molecular weight excluding hydrogens is 316 g/mol. The molecule has 0 unspecified atom stereocenters. The van der Waals surface area contributed by atoms with Crippen LogP contribution in [-0.2, 0) is 11.3 Å². The molecule has 0 bridgehead atoms. The van der Waals surface area contributed by atoms with Crippen LogP contribution >= 0.6 is 0 Å². The number of hydrogen-bond donors (Lipinski definition) is 0. The third-order valence-electron chi connectivity index (χ3n) is 5.56. The van der Waals surface area contributed by atoms with Crippen LogP contribution in [0, 0.1) is 6.92 Å². The van der Waals surface area contributed by atoms with Crippen LogP contribution in [0.5, 0.6) is 0 Å². The summed E-state index contributed by atoms with van der Waals surface area (Å²) in [7, 11) is 0. The minimum atomic E-state index is 0.314. The molecule has 1 aliphatic heterocycles. The summed E-state index contributed by atoms with van der Waals surface area (Å²) >= 11 is 0. The number of amides is 1. The molecule has 1 aromatic rings. The van der Waals surface area contributed by atoms with Crippen molar-refractivity contribution >= 4 is 5.91 Å². The van der Waals surface area contributed by atoms with E-state index in [1.165, 1.54) is 32.1 Å². The minimum absolute atomic E-state index is 0.314. The molecule has 0 atom stereocenters. The van der Waals surface area contributed by atoms with Crippen molar-refractivity contribution in [2.75, 3.05) is 39.3 Å². The fraction of sp³-hybridized carbons (Fsp3) is 0.789. The number of rotatable bonds is 6. The summed E-state index contributed by atoms with van der Waals surface area (Å²) in [5.41, 5.74) is 0.932. The maximum absolute atomic E-state index is 12.8. The molecule has 6 heteroatoms. The predicted octanol–water partition coefficient (Wildman–Crippen LogP) is 2.28. The lowest BCUT2D eigenvalue weighted by atomic mass is 9.94. The molecule has 1 aromatic heterocycles. The number of piperazine rings is 1. The van der Waals surface area contributed by atoms with Crippen molar-refractivity contribution in [2.45, 2.75) is 58.5 Å². The van der Waals surface area contributed by atoms with Crippen LogP contribution < -0.4 is 0 Å². The van der Waals surface area contributed by atoms with Gasteiger partial charge in [-0.05, 0) is 26.7 Å². The maximum Gasteiger partial charge on any atom is 0.236 e. The van der Waals surface area contributed by atoms with E-state index in [1.54, 1.807) is 0 Å². The summed E-state index contributed by atoms with van der Waals surface area (Å²) in [5, 5.41) is 3.95. The monoisotopic (exact) mass is 348 g/mol. The van der Waals surface area contributed by atoms with E-state index in [9.17, 15) is 4.79 Å². The number of likely N-dealkylation sites (N-methyl/N-ethyl adjacent to an activating group) is 1. The van der Waals surface area contributed by atoms with E-state index in [0.29, 0.717) is 18.5 Å². The summed E-state index contributed by atoms with van der Waals surface area (Å²) in [6.45, 7) is 10.1. The third-order valence-corrected chi connectivity index (χ3v) is 5.56. The van der Waals surface area contributed by atoms with Gasteiger partial charge in [0.15, 0.2) is 5.76 Å². The largest absolute Gasteiger partial charge is 0.360 e. The molecule has 2 fully saturated rings. The molecule has 2 heterocycles. The normalized spacial score (nSPS) is 20.7.